The summed E-state index contributed by atoms with van der Waals surface area (Å²) in [5.41, 5.74) is 10.7. The van der Waals surface area contributed by atoms with Crippen molar-refractivity contribution in [2.24, 2.45) is 0 Å². The number of fused-ring (bicyclic) bond motifs is 1. The van der Waals surface area contributed by atoms with Crippen LogP contribution in [0, 0.1) is 0 Å². The van der Waals surface area contributed by atoms with Crippen molar-refractivity contribution in [2.45, 2.75) is 38.3 Å². The normalized spacial score (nSPS) is 21.4. The Morgan fingerprint density at radius 1 is 1.34 bits per heavy atom. The molecule has 35 heavy (non-hydrogen) atoms. The van der Waals surface area contributed by atoms with Crippen LogP contribution in [0.2, 0.25) is 0 Å². The quantitative estimate of drug-likeness (QED) is 0.290. The van der Waals surface area contributed by atoms with Crippen LogP contribution in [0.1, 0.15) is 26.5 Å². The van der Waals surface area contributed by atoms with Gasteiger partial charge in [-0.05, 0) is 25.5 Å². The first-order valence-electron chi connectivity index (χ1n) is 10.7. The van der Waals surface area contributed by atoms with E-state index >= 15 is 0 Å². The lowest BCUT2D eigenvalue weighted by Gasteiger charge is -2.30. The minimum absolute atomic E-state index is 0.0157. The zero-order valence-corrected chi connectivity index (χ0v) is 19.9. The Morgan fingerprint density at radius 2 is 2.09 bits per heavy atom. The van der Waals surface area contributed by atoms with Crippen LogP contribution in [-0.4, -0.2) is 55.6 Å². The van der Waals surface area contributed by atoms with Gasteiger partial charge < -0.3 is 30.6 Å². The highest BCUT2D eigenvalue weighted by Crippen LogP contribution is 2.47. The molecule has 3 aromatic rings. The van der Waals surface area contributed by atoms with Crippen LogP contribution in [-0.2, 0) is 23.4 Å². The molecule has 1 aliphatic rings. The number of carboxylic acid groups (broad SMARTS) is 1. The fourth-order valence-electron chi connectivity index (χ4n) is 3.28. The summed E-state index contributed by atoms with van der Waals surface area (Å²) in [7, 11) is -4.18. The number of anilines is 2. The largest absolute Gasteiger partial charge is 0.480 e. The third-order valence-corrected chi connectivity index (χ3v) is 7.13. The topological polar surface area (TPSA) is 199 Å². The number of nitrogens with one attached hydrogen (secondary N) is 1. The average Bonchev–Trinajstić information content (AvgIpc) is 3.45. The van der Waals surface area contributed by atoms with Crippen molar-refractivity contribution >= 4 is 36.6 Å². The van der Waals surface area contributed by atoms with Crippen LogP contribution < -0.4 is 21.1 Å². The van der Waals surface area contributed by atoms with Crippen LogP contribution in [0.4, 0.5) is 11.8 Å². The Morgan fingerprint density at radius 3 is 2.77 bits per heavy atom. The number of nitrogens with zero attached hydrogens (tertiary/aromatic N) is 4. The summed E-state index contributed by atoms with van der Waals surface area (Å²) in [6, 6.07) is 8.27. The molecule has 1 saturated heterocycles. The van der Waals surface area contributed by atoms with Gasteiger partial charge in [0.1, 0.15) is 23.4 Å². The average molecular weight is 507 g/mol. The number of ether oxygens (including phenoxy) is 2. The molecular formula is C20H26N7O7P. The highest BCUT2D eigenvalue weighted by Gasteiger charge is 2.42. The van der Waals surface area contributed by atoms with E-state index in [1.54, 1.807) is 41.8 Å². The number of carbonyl (C=O) groups is 1. The number of aliphatic carboxylic acids is 1. The molecule has 0 spiro atoms. The molecule has 4 rings (SSSR count). The summed E-state index contributed by atoms with van der Waals surface area (Å²) >= 11 is 0. The molecule has 0 saturated carbocycles. The molecule has 0 aliphatic carbocycles. The van der Waals surface area contributed by atoms with Crippen molar-refractivity contribution in [3.8, 4) is 5.75 Å². The van der Waals surface area contributed by atoms with E-state index in [-0.39, 0.29) is 37.2 Å². The maximum atomic E-state index is 13.6. The highest BCUT2D eigenvalue weighted by molar-refractivity contribution is 7.52. The molecule has 1 aliphatic heterocycles. The van der Waals surface area contributed by atoms with Gasteiger partial charge in [0.05, 0.1) is 12.9 Å². The van der Waals surface area contributed by atoms with Crippen LogP contribution in [0.15, 0.2) is 36.7 Å². The SMILES string of the molecule is CC[C@@](C)(NP(=O)(OCC1OC[C@H](n2cnc3c(N)nc(N)nc32)O1)Oc1ccccc1)C(=O)O. The van der Waals surface area contributed by atoms with E-state index in [0.29, 0.717) is 11.2 Å². The molecule has 188 valence electrons. The molecule has 1 fully saturated rings. The van der Waals surface area contributed by atoms with Gasteiger partial charge in [0.2, 0.25) is 5.95 Å². The molecule has 4 atom stereocenters. The second-order valence-electron chi connectivity index (χ2n) is 7.94. The smallest absolute Gasteiger partial charge is 0.459 e. The number of rotatable bonds is 10. The predicted molar refractivity (Wildman–Crippen MR) is 124 cm³/mol. The first-order valence-corrected chi connectivity index (χ1v) is 12.2. The van der Waals surface area contributed by atoms with Gasteiger partial charge >= 0.3 is 13.7 Å². The van der Waals surface area contributed by atoms with E-state index in [1.165, 1.54) is 13.3 Å². The summed E-state index contributed by atoms with van der Waals surface area (Å²) < 4.78 is 37.8. The number of carboxylic acids is 1. The third kappa shape index (κ3) is 5.36. The van der Waals surface area contributed by atoms with Crippen molar-refractivity contribution < 1.29 is 33.0 Å². The van der Waals surface area contributed by atoms with E-state index < -0.39 is 31.8 Å². The minimum atomic E-state index is -4.18. The maximum absolute atomic E-state index is 13.6. The highest BCUT2D eigenvalue weighted by atomic mass is 31.2. The summed E-state index contributed by atoms with van der Waals surface area (Å²) in [6.45, 7) is 2.81. The Kier molecular flexibility index (Phi) is 6.92. The van der Waals surface area contributed by atoms with Crippen molar-refractivity contribution in [3.63, 3.8) is 0 Å². The van der Waals surface area contributed by atoms with Crippen molar-refractivity contribution in [3.05, 3.63) is 36.7 Å². The van der Waals surface area contributed by atoms with Crippen molar-refractivity contribution in [2.75, 3.05) is 24.7 Å². The van der Waals surface area contributed by atoms with Crippen LogP contribution >= 0.6 is 7.75 Å². The van der Waals surface area contributed by atoms with Gasteiger partial charge in [-0.1, -0.05) is 25.1 Å². The van der Waals surface area contributed by atoms with Gasteiger partial charge in [0.25, 0.3) is 0 Å². The van der Waals surface area contributed by atoms with Crippen molar-refractivity contribution in [1.29, 1.82) is 0 Å². The van der Waals surface area contributed by atoms with E-state index in [9.17, 15) is 14.5 Å². The number of imidazole rings is 1. The lowest BCUT2D eigenvalue weighted by Crippen LogP contribution is -2.48. The van der Waals surface area contributed by atoms with E-state index in [1.807, 2.05) is 0 Å². The summed E-state index contributed by atoms with van der Waals surface area (Å²) in [4.78, 5) is 24.0. The fraction of sp³-hybridized carbons (Fsp3) is 0.400. The van der Waals surface area contributed by atoms with Gasteiger partial charge in [0, 0.05) is 0 Å². The fourth-order valence-corrected chi connectivity index (χ4v) is 5.02. The number of hydrogen-bond donors (Lipinski definition) is 4. The van der Waals surface area contributed by atoms with Gasteiger partial charge in [-0.25, -0.2) is 9.55 Å². The number of benzene rings is 1. The molecule has 2 aromatic heterocycles. The number of aromatic nitrogens is 4. The lowest BCUT2D eigenvalue weighted by molar-refractivity contribution is -0.143. The minimum Gasteiger partial charge on any atom is -0.480 e. The molecule has 0 bridgehead atoms. The molecule has 14 nitrogen and oxygen atoms in total. The summed E-state index contributed by atoms with van der Waals surface area (Å²) in [5.74, 6) is -0.856. The molecule has 3 heterocycles. The number of para-hydroxylation sites is 1. The first kappa shape index (κ1) is 24.8. The van der Waals surface area contributed by atoms with Crippen LogP contribution in [0.5, 0.6) is 5.75 Å². The van der Waals surface area contributed by atoms with Crippen molar-refractivity contribution in [1.82, 2.24) is 24.6 Å². The van der Waals surface area contributed by atoms with Gasteiger partial charge in [-0.15, -0.1) is 0 Å². The van der Waals surface area contributed by atoms with Crippen LogP contribution in [0.25, 0.3) is 11.2 Å². The zero-order chi connectivity index (χ0) is 25.2. The molecule has 15 heteroatoms. The number of nitrogen functional groups attached to an aromatic ring is 2. The van der Waals surface area contributed by atoms with E-state index in [0.717, 1.165) is 0 Å². The molecule has 2 unspecified atom stereocenters. The van der Waals surface area contributed by atoms with Crippen LogP contribution in [0.3, 0.4) is 0 Å². The molecular weight excluding hydrogens is 481 g/mol. The zero-order valence-electron chi connectivity index (χ0n) is 19.0. The van der Waals surface area contributed by atoms with E-state index in [2.05, 4.69) is 20.0 Å². The predicted octanol–water partition coefficient (Wildman–Crippen LogP) is 1.91. The molecule has 1 aromatic carbocycles. The summed E-state index contributed by atoms with van der Waals surface area (Å²) in [6.07, 6.45) is -0.00348. The maximum Gasteiger partial charge on any atom is 0.459 e. The second-order valence-corrected chi connectivity index (χ2v) is 9.60. The lowest BCUT2D eigenvalue weighted by atomic mass is 10.0. The Labute approximate surface area is 200 Å². The standard InChI is InChI=1S/C20H26N7O7P/c1-3-20(2,18(28)29)26-35(30,34-12-7-5-4-6-8-12)32-10-14-31-9-13(33-14)27-11-23-15-16(21)24-19(22)25-17(15)27/h4-8,11,13-14H,3,9-10H2,1-2H3,(H,26,30)(H,28,29)(H4,21,22,24,25)/t13-,14?,20-,35?/m1/s1. The van der Waals surface area contributed by atoms with Gasteiger partial charge in [-0.2, -0.15) is 15.1 Å². The van der Waals surface area contributed by atoms with Gasteiger partial charge in [-0.3, -0.25) is 13.9 Å². The molecule has 0 radical (unpaired) electrons. The molecule has 6 N–H and O–H groups in total. The monoisotopic (exact) mass is 507 g/mol. The Balaban J connectivity index is 1.48. The number of nitrogens with two attached hydrogens (primary N) is 2. The third-order valence-electron chi connectivity index (χ3n) is 5.42. The summed E-state index contributed by atoms with van der Waals surface area (Å²) in [5, 5.41) is 12.2. The number of hydrogen-bond acceptors (Lipinski definition) is 11. The van der Waals surface area contributed by atoms with Gasteiger partial charge in [0.15, 0.2) is 24.0 Å². The Hall–Kier alpha value is -3.29. The first-order chi connectivity index (χ1) is 16.6. The Bertz CT molecular complexity index is 1260. The second kappa shape index (κ2) is 9.76. The molecule has 0 amide bonds. The van der Waals surface area contributed by atoms with E-state index in [4.69, 9.17) is 30.0 Å².